The summed E-state index contributed by atoms with van der Waals surface area (Å²) in [6, 6.07) is 0.801. The van der Waals surface area contributed by atoms with Crippen LogP contribution in [0.4, 0.5) is 4.79 Å². The number of hydrogen-bond acceptors (Lipinski definition) is 6. The number of hydrogen-bond donors (Lipinski definition) is 3. The minimum Gasteiger partial charge on any atom is -0.495 e. The molecular weight excluding hydrogens is 352 g/mol. The van der Waals surface area contributed by atoms with E-state index in [0.717, 1.165) is 10.5 Å². The molecule has 1 aromatic heterocycles. The van der Waals surface area contributed by atoms with E-state index in [9.17, 15) is 19.5 Å². The summed E-state index contributed by atoms with van der Waals surface area (Å²) in [5, 5.41) is 15.1. The maximum Gasteiger partial charge on any atom is 0.325 e. The highest BCUT2D eigenvalue weighted by atomic mass is 16.5. The van der Waals surface area contributed by atoms with Gasteiger partial charge in [0.25, 0.3) is 5.91 Å². The number of aromatic nitrogens is 1. The molecule has 0 aromatic carbocycles. The smallest absolute Gasteiger partial charge is 0.325 e. The van der Waals surface area contributed by atoms with Gasteiger partial charge in [-0.25, -0.2) is 4.79 Å². The van der Waals surface area contributed by atoms with E-state index >= 15 is 0 Å². The highest BCUT2D eigenvalue weighted by molar-refractivity contribution is 6.08. The van der Waals surface area contributed by atoms with Gasteiger partial charge in [-0.2, -0.15) is 0 Å². The summed E-state index contributed by atoms with van der Waals surface area (Å²) in [5.41, 5.74) is -0.275. The molecule has 1 aromatic rings. The molecule has 1 saturated heterocycles. The molecular formula is C18H24N4O5. The van der Waals surface area contributed by atoms with E-state index in [-0.39, 0.29) is 18.6 Å². The summed E-state index contributed by atoms with van der Waals surface area (Å²) < 4.78 is 5.19. The zero-order valence-corrected chi connectivity index (χ0v) is 15.6. The first kappa shape index (κ1) is 19.1. The molecule has 2 aliphatic rings. The molecule has 4 amide bonds. The van der Waals surface area contributed by atoms with Crippen LogP contribution >= 0.6 is 0 Å². The number of pyridine rings is 1. The number of amides is 4. The van der Waals surface area contributed by atoms with E-state index in [1.54, 1.807) is 32.3 Å². The summed E-state index contributed by atoms with van der Waals surface area (Å²) in [6.07, 6.45) is 3.92. The lowest BCUT2D eigenvalue weighted by molar-refractivity contribution is -0.134. The van der Waals surface area contributed by atoms with E-state index in [2.05, 4.69) is 15.6 Å². The molecule has 0 spiro atoms. The molecule has 27 heavy (non-hydrogen) atoms. The van der Waals surface area contributed by atoms with Crippen LogP contribution < -0.4 is 15.4 Å². The van der Waals surface area contributed by atoms with Crippen molar-refractivity contribution in [1.82, 2.24) is 20.5 Å². The Morgan fingerprint density at radius 2 is 2.15 bits per heavy atom. The summed E-state index contributed by atoms with van der Waals surface area (Å²) >= 11 is 0. The van der Waals surface area contributed by atoms with Crippen molar-refractivity contribution in [2.24, 2.45) is 5.92 Å². The van der Waals surface area contributed by atoms with Crippen LogP contribution in [0.25, 0.3) is 0 Å². The van der Waals surface area contributed by atoms with Gasteiger partial charge in [0.15, 0.2) is 0 Å². The van der Waals surface area contributed by atoms with Crippen LogP contribution in [0.5, 0.6) is 5.75 Å². The molecule has 9 heteroatoms. The predicted octanol–water partition coefficient (Wildman–Crippen LogP) is 0.349. The molecule has 2 fully saturated rings. The lowest BCUT2D eigenvalue weighted by Gasteiger charge is -2.38. The van der Waals surface area contributed by atoms with Gasteiger partial charge in [0.1, 0.15) is 17.8 Å². The van der Waals surface area contributed by atoms with Crippen LogP contribution in [0, 0.1) is 5.92 Å². The second-order valence-corrected chi connectivity index (χ2v) is 7.54. The first-order chi connectivity index (χ1) is 12.7. The van der Waals surface area contributed by atoms with Crippen molar-refractivity contribution >= 4 is 17.8 Å². The second-order valence-electron chi connectivity index (χ2n) is 7.54. The van der Waals surface area contributed by atoms with Crippen molar-refractivity contribution in [3.05, 3.63) is 24.0 Å². The van der Waals surface area contributed by atoms with Gasteiger partial charge >= 0.3 is 6.03 Å². The van der Waals surface area contributed by atoms with Crippen LogP contribution in [-0.4, -0.2) is 58.1 Å². The SMILES string of the molecule is COc1cncc([C@@H](NC(=O)CN2C(=O)NC(C)(C)C2=O)C2CC(O)C2)c1. The monoisotopic (exact) mass is 376 g/mol. The minimum atomic E-state index is -1.02. The lowest BCUT2D eigenvalue weighted by atomic mass is 9.75. The average molecular weight is 376 g/mol. The molecule has 1 aliphatic heterocycles. The Bertz CT molecular complexity index is 760. The van der Waals surface area contributed by atoms with Gasteiger partial charge in [-0.15, -0.1) is 0 Å². The number of ether oxygens (including phenoxy) is 1. The van der Waals surface area contributed by atoms with Crippen LogP contribution in [0.15, 0.2) is 18.5 Å². The fraction of sp³-hybridized carbons (Fsp3) is 0.556. The van der Waals surface area contributed by atoms with Crippen LogP contribution in [-0.2, 0) is 9.59 Å². The van der Waals surface area contributed by atoms with E-state index in [4.69, 9.17) is 4.74 Å². The average Bonchev–Trinajstić information content (AvgIpc) is 2.79. The molecule has 3 N–H and O–H groups in total. The number of carbonyl (C=O) groups is 3. The third-order valence-electron chi connectivity index (χ3n) is 5.01. The molecule has 0 bridgehead atoms. The highest BCUT2D eigenvalue weighted by Crippen LogP contribution is 2.38. The maximum absolute atomic E-state index is 12.6. The van der Waals surface area contributed by atoms with Crippen molar-refractivity contribution in [3.63, 3.8) is 0 Å². The van der Waals surface area contributed by atoms with Gasteiger partial charge in [-0.3, -0.25) is 19.5 Å². The number of imide groups is 1. The number of carbonyl (C=O) groups excluding carboxylic acids is 3. The molecule has 1 aliphatic carbocycles. The van der Waals surface area contributed by atoms with Gasteiger partial charge in [0.2, 0.25) is 5.91 Å². The zero-order chi connectivity index (χ0) is 19.8. The molecule has 0 radical (unpaired) electrons. The molecule has 2 heterocycles. The third-order valence-corrected chi connectivity index (χ3v) is 5.01. The third kappa shape index (κ3) is 3.87. The van der Waals surface area contributed by atoms with Crippen molar-refractivity contribution in [2.75, 3.05) is 13.7 Å². The Labute approximate surface area is 157 Å². The molecule has 3 rings (SSSR count). The number of urea groups is 1. The van der Waals surface area contributed by atoms with Crippen LogP contribution in [0.2, 0.25) is 0 Å². The van der Waals surface area contributed by atoms with Gasteiger partial charge in [0, 0.05) is 6.20 Å². The number of aliphatic hydroxyl groups excluding tert-OH is 1. The van der Waals surface area contributed by atoms with E-state index in [1.807, 2.05) is 0 Å². The number of nitrogens with one attached hydrogen (secondary N) is 2. The first-order valence-electron chi connectivity index (χ1n) is 8.81. The Kier molecular flexibility index (Phi) is 5.05. The van der Waals surface area contributed by atoms with Crippen molar-refractivity contribution in [2.45, 2.75) is 44.4 Å². The summed E-state index contributed by atoms with van der Waals surface area (Å²) in [4.78, 5) is 41.8. The van der Waals surface area contributed by atoms with Crippen molar-refractivity contribution in [1.29, 1.82) is 0 Å². The molecule has 1 saturated carbocycles. The number of aliphatic hydroxyl groups is 1. The fourth-order valence-corrected chi connectivity index (χ4v) is 3.42. The van der Waals surface area contributed by atoms with Crippen LogP contribution in [0.1, 0.15) is 38.3 Å². The minimum absolute atomic E-state index is 0.0393. The second kappa shape index (κ2) is 7.15. The molecule has 146 valence electrons. The molecule has 0 unspecified atom stereocenters. The summed E-state index contributed by atoms with van der Waals surface area (Å²) in [6.45, 7) is 2.81. The van der Waals surface area contributed by atoms with Gasteiger partial charge in [-0.05, 0) is 44.2 Å². The first-order valence-corrected chi connectivity index (χ1v) is 8.81. The fourth-order valence-electron chi connectivity index (χ4n) is 3.42. The summed E-state index contributed by atoms with van der Waals surface area (Å²) in [5.74, 6) is -0.299. The topological polar surface area (TPSA) is 121 Å². The lowest BCUT2D eigenvalue weighted by Crippen LogP contribution is -2.46. The Hall–Kier alpha value is -2.68. The molecule has 9 nitrogen and oxygen atoms in total. The van der Waals surface area contributed by atoms with Gasteiger partial charge in [-0.1, -0.05) is 0 Å². The highest BCUT2D eigenvalue weighted by Gasteiger charge is 2.45. The standard InChI is InChI=1S/C18H24N4O5/c1-18(2)16(25)22(17(26)21-18)9-14(24)20-15(10-4-12(23)5-10)11-6-13(27-3)8-19-7-11/h6-8,10,12,15,23H,4-5,9H2,1-3H3,(H,20,24)(H,21,26)/t10?,12?,15-/m0/s1. The molecule has 1 atom stereocenters. The number of rotatable bonds is 6. The van der Waals surface area contributed by atoms with Crippen molar-refractivity contribution < 1.29 is 24.2 Å². The quantitative estimate of drug-likeness (QED) is 0.616. The summed E-state index contributed by atoms with van der Waals surface area (Å²) in [7, 11) is 1.53. The predicted molar refractivity (Wildman–Crippen MR) is 94.7 cm³/mol. The van der Waals surface area contributed by atoms with E-state index in [1.165, 1.54) is 7.11 Å². The number of nitrogens with zero attached hydrogens (tertiary/aromatic N) is 2. The van der Waals surface area contributed by atoms with Crippen LogP contribution in [0.3, 0.4) is 0 Å². The maximum atomic E-state index is 12.6. The normalized spacial score (nSPS) is 24.8. The Morgan fingerprint density at radius 3 is 2.70 bits per heavy atom. The Balaban J connectivity index is 1.73. The van der Waals surface area contributed by atoms with Crippen molar-refractivity contribution in [3.8, 4) is 5.75 Å². The van der Waals surface area contributed by atoms with Gasteiger partial charge < -0.3 is 20.5 Å². The van der Waals surface area contributed by atoms with Gasteiger partial charge in [0.05, 0.1) is 25.5 Å². The van der Waals surface area contributed by atoms with E-state index in [0.29, 0.717) is 18.6 Å². The number of methoxy groups -OCH3 is 1. The zero-order valence-electron chi connectivity index (χ0n) is 15.6. The Morgan fingerprint density at radius 1 is 1.44 bits per heavy atom. The largest absolute Gasteiger partial charge is 0.495 e. The van der Waals surface area contributed by atoms with E-state index < -0.39 is 29.4 Å².